The molecule has 0 saturated heterocycles. The van der Waals surface area contributed by atoms with Gasteiger partial charge < -0.3 is 10.1 Å². The first kappa shape index (κ1) is 21.0. The molecule has 27 heavy (non-hydrogen) atoms. The van der Waals surface area contributed by atoms with E-state index in [2.05, 4.69) is 5.32 Å². The lowest BCUT2D eigenvalue weighted by molar-refractivity contribution is -0.122. The molecule has 0 bridgehead atoms. The van der Waals surface area contributed by atoms with Crippen molar-refractivity contribution < 1.29 is 17.9 Å². The number of carbonyl (C=O) groups is 1. The molecule has 0 radical (unpaired) electrons. The minimum Gasteiger partial charge on any atom is -0.457 e. The first-order valence-corrected chi connectivity index (χ1v) is 10.7. The molecule has 0 aromatic heterocycles. The van der Waals surface area contributed by atoms with Gasteiger partial charge in [0.1, 0.15) is 16.7 Å². The Kier molecular flexibility index (Phi) is 6.65. The van der Waals surface area contributed by atoms with Gasteiger partial charge in [-0.2, -0.15) is 0 Å². The Morgan fingerprint density at radius 2 is 1.67 bits per heavy atom. The van der Waals surface area contributed by atoms with Crippen LogP contribution in [0.2, 0.25) is 0 Å². The van der Waals surface area contributed by atoms with Crippen molar-refractivity contribution in [1.82, 2.24) is 5.32 Å². The van der Waals surface area contributed by atoms with Crippen molar-refractivity contribution in [3.63, 3.8) is 0 Å². The van der Waals surface area contributed by atoms with Crippen LogP contribution in [-0.4, -0.2) is 25.1 Å². The van der Waals surface area contributed by atoms with Crippen molar-refractivity contribution in [1.29, 1.82) is 0 Å². The zero-order valence-electron chi connectivity index (χ0n) is 16.2. The molecule has 1 N–H and O–H groups in total. The number of ether oxygens (including phenoxy) is 1. The highest BCUT2D eigenvalue weighted by Gasteiger charge is 2.31. The molecule has 146 valence electrons. The van der Waals surface area contributed by atoms with Gasteiger partial charge in [-0.25, -0.2) is 8.42 Å². The summed E-state index contributed by atoms with van der Waals surface area (Å²) in [7, 11) is -3.70. The van der Waals surface area contributed by atoms with E-state index in [0.717, 1.165) is 0 Å². The Morgan fingerprint density at radius 3 is 2.30 bits per heavy atom. The first-order chi connectivity index (χ1) is 12.6. The van der Waals surface area contributed by atoms with E-state index in [1.165, 1.54) is 6.92 Å². The van der Waals surface area contributed by atoms with Gasteiger partial charge in [0.05, 0.1) is 5.75 Å². The molecule has 0 fully saturated rings. The quantitative estimate of drug-likeness (QED) is 0.738. The van der Waals surface area contributed by atoms with Gasteiger partial charge in [0.15, 0.2) is 9.84 Å². The lowest BCUT2D eigenvalue weighted by Gasteiger charge is -2.26. The zero-order chi connectivity index (χ0) is 20.1. The molecule has 0 saturated carbocycles. The molecule has 2 aromatic rings. The highest BCUT2D eigenvalue weighted by atomic mass is 32.2. The van der Waals surface area contributed by atoms with Gasteiger partial charge in [-0.3, -0.25) is 4.79 Å². The van der Waals surface area contributed by atoms with Gasteiger partial charge in [0, 0.05) is 11.1 Å². The third-order valence-corrected chi connectivity index (χ3v) is 6.56. The SMILES string of the molecule is CCC(C)(C)NC(=O)C(C)S(=O)(=O)Cc1ccccc1Oc1ccccc1. The van der Waals surface area contributed by atoms with E-state index < -0.39 is 26.5 Å². The molecule has 0 aliphatic rings. The van der Waals surface area contributed by atoms with Crippen LogP contribution in [0, 0.1) is 0 Å². The largest absolute Gasteiger partial charge is 0.457 e. The average Bonchev–Trinajstić information content (AvgIpc) is 2.63. The second-order valence-corrected chi connectivity index (χ2v) is 9.52. The predicted octanol–water partition coefficient (Wildman–Crippen LogP) is 4.09. The Labute approximate surface area is 161 Å². The molecule has 0 heterocycles. The number of carbonyl (C=O) groups excluding carboxylic acids is 1. The zero-order valence-corrected chi connectivity index (χ0v) is 17.0. The van der Waals surface area contributed by atoms with E-state index in [4.69, 9.17) is 4.74 Å². The summed E-state index contributed by atoms with van der Waals surface area (Å²) in [5, 5.41) is 1.66. The number of rotatable bonds is 8. The minimum atomic E-state index is -3.70. The lowest BCUT2D eigenvalue weighted by Crippen LogP contribution is -2.48. The topological polar surface area (TPSA) is 72.5 Å². The Hall–Kier alpha value is -2.34. The molecule has 6 heteroatoms. The van der Waals surface area contributed by atoms with E-state index in [1.54, 1.807) is 36.4 Å². The van der Waals surface area contributed by atoms with Gasteiger partial charge in [0.25, 0.3) is 0 Å². The normalized spacial score (nSPS) is 13.0. The summed E-state index contributed by atoms with van der Waals surface area (Å²) in [6, 6.07) is 16.1. The van der Waals surface area contributed by atoms with Crippen LogP contribution >= 0.6 is 0 Å². The molecular formula is C21H27NO4S. The van der Waals surface area contributed by atoms with E-state index in [1.807, 2.05) is 39.0 Å². The highest BCUT2D eigenvalue weighted by molar-refractivity contribution is 7.92. The van der Waals surface area contributed by atoms with Crippen LogP contribution in [0.25, 0.3) is 0 Å². The molecule has 1 atom stereocenters. The number of sulfone groups is 1. The van der Waals surface area contributed by atoms with E-state index in [-0.39, 0.29) is 5.75 Å². The smallest absolute Gasteiger partial charge is 0.238 e. The van der Waals surface area contributed by atoms with Crippen LogP contribution in [0.3, 0.4) is 0 Å². The second-order valence-electron chi connectivity index (χ2n) is 7.20. The number of amides is 1. The average molecular weight is 390 g/mol. The third-order valence-electron chi connectivity index (χ3n) is 4.55. The standard InChI is InChI=1S/C21H27NO4S/c1-5-21(3,4)22-20(23)16(2)27(24,25)15-17-11-9-10-14-19(17)26-18-12-7-6-8-13-18/h6-14,16H,5,15H2,1-4H3,(H,22,23). The number of hydrogen-bond acceptors (Lipinski definition) is 4. The highest BCUT2D eigenvalue weighted by Crippen LogP contribution is 2.27. The second kappa shape index (κ2) is 8.57. The van der Waals surface area contributed by atoms with Gasteiger partial charge in [-0.1, -0.05) is 43.3 Å². The summed E-state index contributed by atoms with van der Waals surface area (Å²) < 4.78 is 31.4. The fourth-order valence-electron chi connectivity index (χ4n) is 2.37. The van der Waals surface area contributed by atoms with Gasteiger partial charge in [0.2, 0.25) is 5.91 Å². The summed E-state index contributed by atoms with van der Waals surface area (Å²) in [5.74, 6) is 0.340. The molecule has 2 aromatic carbocycles. The summed E-state index contributed by atoms with van der Waals surface area (Å²) in [6.07, 6.45) is 0.708. The molecule has 1 unspecified atom stereocenters. The Balaban J connectivity index is 2.19. The van der Waals surface area contributed by atoms with Crippen molar-refractivity contribution in [3.05, 3.63) is 60.2 Å². The van der Waals surface area contributed by atoms with Crippen molar-refractivity contribution in [3.8, 4) is 11.5 Å². The van der Waals surface area contributed by atoms with Crippen LogP contribution in [0.4, 0.5) is 0 Å². The fraction of sp³-hybridized carbons (Fsp3) is 0.381. The summed E-state index contributed by atoms with van der Waals surface area (Å²) in [6.45, 7) is 7.11. The maximum Gasteiger partial charge on any atom is 0.238 e. The first-order valence-electron chi connectivity index (χ1n) is 8.99. The number of para-hydroxylation sites is 2. The lowest BCUT2D eigenvalue weighted by atomic mass is 10.0. The number of hydrogen-bond donors (Lipinski definition) is 1. The summed E-state index contributed by atoms with van der Waals surface area (Å²) in [5.41, 5.74) is 0.0746. The minimum absolute atomic E-state index is 0.267. The maximum absolute atomic E-state index is 12.8. The van der Waals surface area contributed by atoms with Gasteiger partial charge >= 0.3 is 0 Å². The third kappa shape index (κ3) is 5.82. The number of nitrogens with one attached hydrogen (secondary N) is 1. The van der Waals surface area contributed by atoms with Crippen LogP contribution < -0.4 is 10.1 Å². The molecule has 2 rings (SSSR count). The molecule has 5 nitrogen and oxygen atoms in total. The summed E-state index contributed by atoms with van der Waals surface area (Å²) >= 11 is 0. The van der Waals surface area contributed by atoms with Gasteiger partial charge in [-0.15, -0.1) is 0 Å². The van der Waals surface area contributed by atoms with Crippen molar-refractivity contribution in [2.45, 2.75) is 50.7 Å². The molecule has 0 spiro atoms. The number of benzene rings is 2. The Bertz CT molecular complexity index is 876. The van der Waals surface area contributed by atoms with Gasteiger partial charge in [-0.05, 0) is 45.4 Å². The van der Waals surface area contributed by atoms with Crippen LogP contribution in [-0.2, 0) is 20.4 Å². The molecule has 0 aliphatic heterocycles. The monoisotopic (exact) mass is 389 g/mol. The van der Waals surface area contributed by atoms with E-state index in [0.29, 0.717) is 23.5 Å². The molecule has 1 amide bonds. The van der Waals surface area contributed by atoms with Crippen LogP contribution in [0.5, 0.6) is 11.5 Å². The Morgan fingerprint density at radius 1 is 1.07 bits per heavy atom. The fourth-order valence-corrected chi connectivity index (χ4v) is 3.67. The molecular weight excluding hydrogens is 362 g/mol. The summed E-state index contributed by atoms with van der Waals surface area (Å²) in [4.78, 5) is 12.4. The van der Waals surface area contributed by atoms with E-state index in [9.17, 15) is 13.2 Å². The van der Waals surface area contributed by atoms with Crippen molar-refractivity contribution >= 4 is 15.7 Å². The predicted molar refractivity (Wildman–Crippen MR) is 108 cm³/mol. The van der Waals surface area contributed by atoms with Crippen LogP contribution in [0.1, 0.15) is 39.7 Å². The van der Waals surface area contributed by atoms with Crippen molar-refractivity contribution in [2.75, 3.05) is 0 Å². The van der Waals surface area contributed by atoms with E-state index >= 15 is 0 Å². The maximum atomic E-state index is 12.8. The van der Waals surface area contributed by atoms with Crippen LogP contribution in [0.15, 0.2) is 54.6 Å². The molecule has 0 aliphatic carbocycles. The van der Waals surface area contributed by atoms with Crippen molar-refractivity contribution in [2.24, 2.45) is 0 Å².